The van der Waals surface area contributed by atoms with Gasteiger partial charge in [0.05, 0.1) is 5.41 Å². The average Bonchev–Trinajstić information content (AvgIpc) is 3.31. The van der Waals surface area contributed by atoms with Crippen LogP contribution in [0.4, 0.5) is 42.6 Å². The van der Waals surface area contributed by atoms with E-state index < -0.39 is 54.8 Å². The van der Waals surface area contributed by atoms with Gasteiger partial charge in [-0.3, -0.25) is 0 Å². The van der Waals surface area contributed by atoms with Crippen LogP contribution in [0, 0.1) is 17.3 Å². The predicted octanol–water partition coefficient (Wildman–Crippen LogP) is 3.84. The summed E-state index contributed by atoms with van der Waals surface area (Å²) in [6, 6.07) is -2.67. The normalized spacial score (nSPS) is 21.3. The van der Waals surface area contributed by atoms with Crippen LogP contribution >= 0.6 is 0 Å². The summed E-state index contributed by atoms with van der Waals surface area (Å²) in [5.41, 5.74) is -1.46. The van der Waals surface area contributed by atoms with Crippen LogP contribution in [0.15, 0.2) is 0 Å². The van der Waals surface area contributed by atoms with Gasteiger partial charge in [0.25, 0.3) is 12.3 Å². The second-order valence-electron chi connectivity index (χ2n) is 7.03. The first-order chi connectivity index (χ1) is 12.9. The molecule has 0 spiro atoms. The highest BCUT2D eigenvalue weighted by Crippen LogP contribution is 2.50. The van der Waals surface area contributed by atoms with Crippen molar-refractivity contribution in [3.63, 3.8) is 0 Å². The van der Waals surface area contributed by atoms with Crippen molar-refractivity contribution in [2.45, 2.75) is 63.2 Å². The van der Waals surface area contributed by atoms with Gasteiger partial charge >= 0.3 is 6.18 Å². The molecular weight excluding hydrogens is 395 g/mol. The second-order valence-corrected chi connectivity index (χ2v) is 7.03. The summed E-state index contributed by atoms with van der Waals surface area (Å²) < 4.78 is 90.1. The molecule has 2 N–H and O–H groups in total. The summed E-state index contributed by atoms with van der Waals surface area (Å²) in [4.78, 5) is 11.3. The van der Waals surface area contributed by atoms with E-state index in [2.05, 4.69) is 32.1 Å². The van der Waals surface area contributed by atoms with Crippen LogP contribution in [0.1, 0.15) is 38.4 Å². The lowest BCUT2D eigenvalue weighted by molar-refractivity contribution is -0.138. The molecule has 0 unspecified atom stereocenters. The molecule has 12 heteroatoms. The third-order valence-corrected chi connectivity index (χ3v) is 4.52. The van der Waals surface area contributed by atoms with Crippen molar-refractivity contribution in [1.29, 1.82) is 0 Å². The quantitative estimate of drug-likeness (QED) is 0.570. The van der Waals surface area contributed by atoms with Crippen molar-refractivity contribution in [3.05, 3.63) is 5.82 Å². The molecule has 3 rings (SSSR count). The van der Waals surface area contributed by atoms with E-state index in [4.69, 9.17) is 0 Å². The van der Waals surface area contributed by atoms with Crippen LogP contribution in [-0.2, 0) is 0 Å². The minimum absolute atomic E-state index is 0.196. The third kappa shape index (κ3) is 4.74. The molecule has 1 heterocycles. The highest BCUT2D eigenvalue weighted by atomic mass is 19.4. The van der Waals surface area contributed by atoms with Gasteiger partial charge in [0, 0.05) is 18.9 Å². The number of anilines is 2. The SMILES string of the molecule is C[C@@H](Nc1nc(C#CC2(C(F)F)CC2)nc(NC2CC(F)(F)C2)n1)C(F)(F)F. The molecule has 28 heavy (non-hydrogen) atoms. The molecule has 1 atom stereocenters. The molecule has 0 bridgehead atoms. The largest absolute Gasteiger partial charge is 0.408 e. The smallest absolute Gasteiger partial charge is 0.351 e. The lowest BCUT2D eigenvalue weighted by Gasteiger charge is -2.35. The Bertz CT molecular complexity index is 787. The van der Waals surface area contributed by atoms with Gasteiger partial charge in [-0.1, -0.05) is 5.92 Å². The molecule has 0 radical (unpaired) electrons. The zero-order valence-electron chi connectivity index (χ0n) is 14.5. The Morgan fingerprint density at radius 1 is 1.07 bits per heavy atom. The number of aromatic nitrogens is 3. The first kappa shape index (κ1) is 20.4. The Kier molecular flexibility index (Phi) is 5.05. The van der Waals surface area contributed by atoms with Gasteiger partial charge in [0.1, 0.15) is 6.04 Å². The van der Waals surface area contributed by atoms with Crippen LogP contribution in [0.2, 0.25) is 0 Å². The van der Waals surface area contributed by atoms with Crippen molar-refractivity contribution in [3.8, 4) is 11.8 Å². The number of rotatable bonds is 5. The van der Waals surface area contributed by atoms with Gasteiger partial charge in [0.2, 0.25) is 17.7 Å². The fourth-order valence-corrected chi connectivity index (χ4v) is 2.50. The van der Waals surface area contributed by atoms with Gasteiger partial charge in [0.15, 0.2) is 0 Å². The Morgan fingerprint density at radius 2 is 1.68 bits per heavy atom. The molecule has 2 saturated carbocycles. The van der Waals surface area contributed by atoms with Crippen LogP contribution in [0.3, 0.4) is 0 Å². The van der Waals surface area contributed by atoms with Crippen LogP contribution < -0.4 is 10.6 Å². The molecule has 0 aliphatic heterocycles. The van der Waals surface area contributed by atoms with Gasteiger partial charge < -0.3 is 10.6 Å². The highest BCUT2D eigenvalue weighted by molar-refractivity contribution is 5.41. The number of hydrogen-bond acceptors (Lipinski definition) is 5. The third-order valence-electron chi connectivity index (χ3n) is 4.52. The van der Waals surface area contributed by atoms with E-state index >= 15 is 0 Å². The zero-order valence-corrected chi connectivity index (χ0v) is 14.5. The molecule has 154 valence electrons. The molecule has 2 fully saturated rings. The average molecular weight is 411 g/mol. The van der Waals surface area contributed by atoms with Crippen molar-refractivity contribution in [2.75, 3.05) is 10.6 Å². The summed E-state index contributed by atoms with van der Waals surface area (Å²) in [6.45, 7) is 0.838. The molecule has 0 saturated heterocycles. The Hall–Kier alpha value is -2.32. The van der Waals surface area contributed by atoms with Gasteiger partial charge in [-0.15, -0.1) is 0 Å². The topological polar surface area (TPSA) is 62.7 Å². The number of halogens is 7. The van der Waals surface area contributed by atoms with Crippen molar-refractivity contribution in [2.24, 2.45) is 5.41 Å². The van der Waals surface area contributed by atoms with E-state index in [9.17, 15) is 30.7 Å². The van der Waals surface area contributed by atoms with Gasteiger partial charge in [-0.05, 0) is 25.7 Å². The van der Waals surface area contributed by atoms with Crippen LogP contribution in [0.25, 0.3) is 0 Å². The molecule has 1 aromatic heterocycles. The highest BCUT2D eigenvalue weighted by Gasteiger charge is 2.50. The summed E-state index contributed by atoms with van der Waals surface area (Å²) in [6.07, 6.45) is -7.82. The van der Waals surface area contributed by atoms with Crippen molar-refractivity contribution in [1.82, 2.24) is 15.0 Å². The first-order valence-corrected chi connectivity index (χ1v) is 8.44. The maximum atomic E-state index is 13.0. The van der Waals surface area contributed by atoms with Gasteiger partial charge in [-0.2, -0.15) is 28.1 Å². The molecule has 5 nitrogen and oxygen atoms in total. The summed E-state index contributed by atoms with van der Waals surface area (Å²) in [5.74, 6) is 0.824. The second kappa shape index (κ2) is 6.93. The van der Waals surface area contributed by atoms with Gasteiger partial charge in [-0.25, -0.2) is 17.6 Å². The molecule has 0 amide bonds. The van der Waals surface area contributed by atoms with Crippen LogP contribution in [0.5, 0.6) is 0 Å². The number of nitrogens with zero attached hydrogens (tertiary/aromatic N) is 3. The molecule has 0 aromatic carbocycles. The summed E-state index contributed by atoms with van der Waals surface area (Å²) in [7, 11) is 0. The minimum Gasteiger partial charge on any atom is -0.351 e. The standard InChI is InChI=1S/C16H16F7N5/c1-8(16(21,22)23)24-12-26-10(2-3-14(4-5-14)11(17)18)27-13(28-12)25-9-6-15(19,20)7-9/h8-9,11H,4-7H2,1H3,(H2,24,25,26,27,28)/t8-/m1/s1. The minimum atomic E-state index is -4.59. The van der Waals surface area contributed by atoms with E-state index in [1.165, 1.54) is 0 Å². The fourth-order valence-electron chi connectivity index (χ4n) is 2.50. The van der Waals surface area contributed by atoms with E-state index in [1.54, 1.807) is 0 Å². The maximum absolute atomic E-state index is 13.0. The van der Waals surface area contributed by atoms with E-state index in [1.807, 2.05) is 5.32 Å². The lowest BCUT2D eigenvalue weighted by Crippen LogP contribution is -2.44. The molecule has 2 aliphatic carbocycles. The first-order valence-electron chi connectivity index (χ1n) is 8.44. The van der Waals surface area contributed by atoms with E-state index in [0.717, 1.165) is 6.92 Å². The lowest BCUT2D eigenvalue weighted by atomic mass is 9.88. The monoisotopic (exact) mass is 411 g/mol. The maximum Gasteiger partial charge on any atom is 0.408 e. The summed E-state index contributed by atoms with van der Waals surface area (Å²) >= 11 is 0. The Balaban J connectivity index is 1.83. The molecule has 1 aromatic rings. The zero-order chi connectivity index (χ0) is 20.7. The van der Waals surface area contributed by atoms with Crippen molar-refractivity contribution >= 4 is 11.9 Å². The summed E-state index contributed by atoms with van der Waals surface area (Å²) in [5, 5.41) is 4.62. The number of alkyl halides is 7. The Labute approximate surface area is 155 Å². The predicted molar refractivity (Wildman–Crippen MR) is 85.1 cm³/mol. The number of nitrogens with one attached hydrogen (secondary N) is 2. The van der Waals surface area contributed by atoms with E-state index in [0.29, 0.717) is 0 Å². The molecule has 2 aliphatic rings. The van der Waals surface area contributed by atoms with E-state index in [-0.39, 0.29) is 24.6 Å². The van der Waals surface area contributed by atoms with Crippen molar-refractivity contribution < 1.29 is 30.7 Å². The fraction of sp³-hybridized carbons (Fsp3) is 0.688. The molecular formula is C16H16F7N5. The number of hydrogen-bond donors (Lipinski definition) is 2. The Morgan fingerprint density at radius 3 is 2.18 bits per heavy atom. The van der Waals surface area contributed by atoms with Crippen LogP contribution in [-0.4, -0.2) is 45.6 Å².